The van der Waals surface area contributed by atoms with Gasteiger partial charge in [-0.15, -0.1) is 0 Å². The first-order valence-electron chi connectivity index (χ1n) is 12.0. The Kier molecular flexibility index (Phi) is 6.93. The molecule has 2 fully saturated rings. The Morgan fingerprint density at radius 3 is 2.58 bits per heavy atom. The molecular formula is C27H34F2O2. The summed E-state index contributed by atoms with van der Waals surface area (Å²) in [7, 11) is 1.13. The minimum Gasteiger partial charge on any atom is -0.465 e. The van der Waals surface area contributed by atoms with Crippen LogP contribution in [0, 0.1) is 29.4 Å². The second kappa shape index (κ2) is 9.67. The molecule has 0 bridgehead atoms. The van der Waals surface area contributed by atoms with E-state index in [4.69, 9.17) is 0 Å². The van der Waals surface area contributed by atoms with Gasteiger partial charge in [-0.2, -0.15) is 0 Å². The van der Waals surface area contributed by atoms with Crippen molar-refractivity contribution < 1.29 is 18.3 Å². The predicted molar refractivity (Wildman–Crippen MR) is 120 cm³/mol. The molecule has 2 aliphatic carbocycles. The molecule has 2 aromatic carbocycles. The van der Waals surface area contributed by atoms with E-state index in [1.807, 2.05) is 12.1 Å². The van der Waals surface area contributed by atoms with E-state index in [1.54, 1.807) is 6.07 Å². The average molecular weight is 429 g/mol. The second-order valence-electron chi connectivity index (χ2n) is 9.72. The number of esters is 1. The van der Waals surface area contributed by atoms with E-state index < -0.39 is 23.2 Å². The van der Waals surface area contributed by atoms with Gasteiger partial charge < -0.3 is 4.74 Å². The molecule has 4 atom stereocenters. The number of rotatable bonds is 6. The maximum Gasteiger partial charge on any atom is 0.343 e. The Hall–Kier alpha value is -1.97. The standard InChI is InChI=1S/C27H34F2O2/c1-3-4-5-6-17-7-8-19-14-20(10-9-18(19)13-17)21-11-12-23-22(15-21)16-24(28)25(26(23)29)27(30)31-2/h11-12,15-20H,3-10,13-14H2,1-2H3. The number of carbonyl (C=O) groups is 1. The van der Waals surface area contributed by atoms with Gasteiger partial charge in [0.05, 0.1) is 7.11 Å². The number of hydrogen-bond acceptors (Lipinski definition) is 2. The van der Waals surface area contributed by atoms with Crippen LogP contribution in [0.15, 0.2) is 24.3 Å². The third-order valence-electron chi connectivity index (χ3n) is 7.85. The Morgan fingerprint density at radius 2 is 1.81 bits per heavy atom. The largest absolute Gasteiger partial charge is 0.465 e. The van der Waals surface area contributed by atoms with E-state index in [0.29, 0.717) is 11.3 Å². The van der Waals surface area contributed by atoms with E-state index in [-0.39, 0.29) is 5.39 Å². The lowest BCUT2D eigenvalue weighted by atomic mass is 9.63. The van der Waals surface area contributed by atoms with Crippen LogP contribution >= 0.6 is 0 Å². The topological polar surface area (TPSA) is 26.3 Å². The van der Waals surface area contributed by atoms with Crippen molar-refractivity contribution in [3.05, 3.63) is 47.0 Å². The normalized spacial score (nSPS) is 25.9. The van der Waals surface area contributed by atoms with Crippen molar-refractivity contribution in [1.82, 2.24) is 0 Å². The summed E-state index contributed by atoms with van der Waals surface area (Å²) in [5.41, 5.74) is 0.555. The van der Waals surface area contributed by atoms with Crippen LogP contribution in [0.2, 0.25) is 0 Å². The molecule has 2 aromatic rings. The quantitative estimate of drug-likeness (QED) is 0.347. The number of halogens is 2. The third kappa shape index (κ3) is 4.63. The zero-order valence-corrected chi connectivity index (χ0v) is 18.8. The van der Waals surface area contributed by atoms with Gasteiger partial charge in [-0.25, -0.2) is 13.6 Å². The van der Waals surface area contributed by atoms with Gasteiger partial charge in [-0.05, 0) is 72.8 Å². The average Bonchev–Trinajstić information content (AvgIpc) is 2.78. The lowest BCUT2D eigenvalue weighted by molar-refractivity contribution is 0.0590. The van der Waals surface area contributed by atoms with Gasteiger partial charge in [-0.3, -0.25) is 0 Å². The van der Waals surface area contributed by atoms with Crippen LogP contribution in [-0.2, 0) is 4.74 Å². The number of unbranched alkanes of at least 4 members (excludes halogenated alkanes) is 2. The maximum absolute atomic E-state index is 14.8. The molecule has 0 saturated heterocycles. The number of methoxy groups -OCH3 is 1. The van der Waals surface area contributed by atoms with Crippen molar-refractivity contribution in [2.45, 2.75) is 77.0 Å². The lowest BCUT2D eigenvalue weighted by Crippen LogP contribution is -2.30. The van der Waals surface area contributed by atoms with Crippen molar-refractivity contribution in [3.63, 3.8) is 0 Å². The van der Waals surface area contributed by atoms with E-state index in [0.717, 1.165) is 31.3 Å². The Labute approximate surface area is 184 Å². The molecule has 0 aliphatic heterocycles. The molecule has 4 unspecified atom stereocenters. The van der Waals surface area contributed by atoms with Gasteiger partial charge in [0.1, 0.15) is 17.2 Å². The highest BCUT2D eigenvalue weighted by atomic mass is 19.1. The fourth-order valence-electron chi connectivity index (χ4n) is 6.13. The number of fused-ring (bicyclic) bond motifs is 2. The van der Waals surface area contributed by atoms with Gasteiger partial charge >= 0.3 is 5.97 Å². The molecule has 0 radical (unpaired) electrons. The lowest BCUT2D eigenvalue weighted by Gasteiger charge is -2.42. The minimum atomic E-state index is -0.982. The van der Waals surface area contributed by atoms with Crippen molar-refractivity contribution in [2.24, 2.45) is 17.8 Å². The highest BCUT2D eigenvalue weighted by molar-refractivity contribution is 5.96. The van der Waals surface area contributed by atoms with E-state index in [9.17, 15) is 13.6 Å². The molecule has 31 heavy (non-hydrogen) atoms. The summed E-state index contributed by atoms with van der Waals surface area (Å²) in [6.45, 7) is 2.27. The van der Waals surface area contributed by atoms with Crippen LogP contribution < -0.4 is 0 Å². The van der Waals surface area contributed by atoms with Crippen molar-refractivity contribution in [2.75, 3.05) is 7.11 Å². The molecule has 4 heteroatoms. The molecule has 168 valence electrons. The Morgan fingerprint density at radius 1 is 1.03 bits per heavy atom. The molecule has 0 aromatic heterocycles. The first-order chi connectivity index (χ1) is 15.0. The molecule has 0 spiro atoms. The van der Waals surface area contributed by atoms with Crippen LogP contribution in [0.1, 0.15) is 93.0 Å². The fourth-order valence-corrected chi connectivity index (χ4v) is 6.13. The Bertz CT molecular complexity index is 938. The van der Waals surface area contributed by atoms with Gasteiger partial charge in [0, 0.05) is 5.39 Å². The van der Waals surface area contributed by atoms with Crippen LogP contribution in [-0.4, -0.2) is 13.1 Å². The molecule has 0 amide bonds. The highest BCUT2D eigenvalue weighted by Crippen LogP contribution is 2.48. The van der Waals surface area contributed by atoms with Crippen LogP contribution in [0.3, 0.4) is 0 Å². The first-order valence-corrected chi connectivity index (χ1v) is 12.0. The van der Waals surface area contributed by atoms with Crippen LogP contribution in [0.25, 0.3) is 10.8 Å². The molecule has 0 heterocycles. The van der Waals surface area contributed by atoms with Gasteiger partial charge in [0.15, 0.2) is 0 Å². The summed E-state index contributed by atoms with van der Waals surface area (Å²) in [5, 5.41) is 0.786. The maximum atomic E-state index is 14.8. The molecule has 2 aliphatic rings. The fraction of sp³-hybridized carbons (Fsp3) is 0.593. The SMILES string of the molecule is CCCCCC1CCC2CC(c3ccc4c(F)c(C(=O)OC)c(F)cc4c3)CCC2C1. The van der Waals surface area contributed by atoms with E-state index >= 15 is 0 Å². The van der Waals surface area contributed by atoms with Crippen molar-refractivity contribution in [3.8, 4) is 0 Å². The van der Waals surface area contributed by atoms with E-state index in [1.165, 1.54) is 69.4 Å². The van der Waals surface area contributed by atoms with Crippen molar-refractivity contribution >= 4 is 16.7 Å². The summed E-state index contributed by atoms with van der Waals surface area (Å²) in [5.74, 6) is 0.331. The van der Waals surface area contributed by atoms with Gasteiger partial charge in [0.2, 0.25) is 0 Å². The van der Waals surface area contributed by atoms with Crippen molar-refractivity contribution in [1.29, 1.82) is 0 Å². The monoisotopic (exact) mass is 428 g/mol. The second-order valence-corrected chi connectivity index (χ2v) is 9.72. The smallest absolute Gasteiger partial charge is 0.343 e. The third-order valence-corrected chi connectivity index (χ3v) is 7.85. The van der Waals surface area contributed by atoms with Crippen LogP contribution in [0.4, 0.5) is 8.78 Å². The number of ether oxygens (including phenoxy) is 1. The zero-order chi connectivity index (χ0) is 22.0. The number of benzene rings is 2. The molecule has 2 nitrogen and oxygen atoms in total. The van der Waals surface area contributed by atoms with E-state index in [2.05, 4.69) is 11.7 Å². The molecule has 2 saturated carbocycles. The summed E-state index contributed by atoms with van der Waals surface area (Å²) in [6.07, 6.45) is 13.1. The predicted octanol–water partition coefficient (Wildman–Crippen LogP) is 7.78. The highest BCUT2D eigenvalue weighted by Gasteiger charge is 2.36. The summed E-state index contributed by atoms with van der Waals surface area (Å²) in [4.78, 5) is 11.7. The Balaban J connectivity index is 1.47. The van der Waals surface area contributed by atoms with Crippen LogP contribution in [0.5, 0.6) is 0 Å². The first kappa shape index (κ1) is 22.2. The number of hydrogen-bond donors (Lipinski definition) is 0. The minimum absolute atomic E-state index is 0.270. The number of carbonyl (C=O) groups excluding carboxylic acids is 1. The summed E-state index contributed by atoms with van der Waals surface area (Å²) < 4.78 is 33.7. The van der Waals surface area contributed by atoms with Gasteiger partial charge in [0.25, 0.3) is 0 Å². The zero-order valence-electron chi connectivity index (χ0n) is 18.8. The summed E-state index contributed by atoms with van der Waals surface area (Å²) in [6, 6.07) is 6.85. The van der Waals surface area contributed by atoms with Gasteiger partial charge in [-0.1, -0.05) is 57.2 Å². The molecular weight excluding hydrogens is 394 g/mol. The summed E-state index contributed by atoms with van der Waals surface area (Å²) >= 11 is 0. The molecule has 0 N–H and O–H groups in total. The molecule has 4 rings (SSSR count).